The van der Waals surface area contributed by atoms with Crippen molar-refractivity contribution in [2.45, 2.75) is 258 Å². The third kappa shape index (κ3) is 53.2. The number of ether oxygens (including phenoxy) is 3. The van der Waals surface area contributed by atoms with Crippen LogP contribution in [0.3, 0.4) is 0 Å². The Balaban J connectivity index is 4.48. The first-order chi connectivity index (χ1) is 33.0. The molecule has 0 saturated carbocycles. The fourth-order valence-corrected chi connectivity index (χ4v) is 7.49. The van der Waals surface area contributed by atoms with Crippen molar-refractivity contribution < 1.29 is 28.6 Å². The largest absolute Gasteiger partial charge is 0.462 e. The lowest BCUT2D eigenvalue weighted by Crippen LogP contribution is -2.30. The van der Waals surface area contributed by atoms with Gasteiger partial charge in [-0.05, 0) is 89.9 Å². The predicted molar refractivity (Wildman–Crippen MR) is 288 cm³/mol. The van der Waals surface area contributed by atoms with Gasteiger partial charge in [0.2, 0.25) is 0 Å². The summed E-state index contributed by atoms with van der Waals surface area (Å²) < 4.78 is 16.8. The molecule has 0 aromatic heterocycles. The first-order valence-corrected chi connectivity index (χ1v) is 27.8. The van der Waals surface area contributed by atoms with Crippen molar-refractivity contribution in [1.82, 2.24) is 0 Å². The summed E-state index contributed by atoms with van der Waals surface area (Å²) in [4.78, 5) is 38.1. The van der Waals surface area contributed by atoms with Gasteiger partial charge in [0.15, 0.2) is 6.10 Å². The van der Waals surface area contributed by atoms with Gasteiger partial charge in [-0.25, -0.2) is 0 Å². The maximum absolute atomic E-state index is 12.8. The number of esters is 3. The molecule has 0 rings (SSSR count). The number of hydrogen-bond donors (Lipinski definition) is 0. The number of carbonyl (C=O) groups is 3. The topological polar surface area (TPSA) is 78.9 Å². The number of rotatable bonds is 49. The number of allylic oxidation sites excluding steroid dienone is 16. The van der Waals surface area contributed by atoms with Gasteiger partial charge < -0.3 is 14.2 Å². The zero-order chi connectivity index (χ0) is 48.6. The average molecular weight is 931 g/mol. The maximum atomic E-state index is 12.8. The van der Waals surface area contributed by atoms with E-state index in [1.54, 1.807) is 0 Å². The van der Waals surface area contributed by atoms with Gasteiger partial charge in [0.05, 0.1) is 0 Å². The Kier molecular flexibility index (Phi) is 51.9. The van der Waals surface area contributed by atoms with E-state index in [4.69, 9.17) is 14.2 Å². The van der Waals surface area contributed by atoms with Crippen molar-refractivity contribution in [3.8, 4) is 0 Å². The van der Waals surface area contributed by atoms with Crippen molar-refractivity contribution in [2.75, 3.05) is 13.2 Å². The average Bonchev–Trinajstić information content (AvgIpc) is 3.33. The van der Waals surface area contributed by atoms with Crippen LogP contribution in [0.2, 0.25) is 0 Å². The summed E-state index contributed by atoms with van der Waals surface area (Å²) in [6, 6.07) is 0. The molecule has 1 atom stereocenters. The van der Waals surface area contributed by atoms with Crippen LogP contribution in [-0.4, -0.2) is 37.2 Å². The fourth-order valence-electron chi connectivity index (χ4n) is 7.49. The van der Waals surface area contributed by atoms with Crippen LogP contribution >= 0.6 is 0 Å². The molecule has 6 heteroatoms. The summed E-state index contributed by atoms with van der Waals surface area (Å²) in [5, 5.41) is 0. The lowest BCUT2D eigenvalue weighted by atomic mass is 10.1. The lowest BCUT2D eigenvalue weighted by molar-refractivity contribution is -0.167. The minimum Gasteiger partial charge on any atom is -0.462 e. The molecular formula is C61H102O6. The summed E-state index contributed by atoms with van der Waals surface area (Å²) >= 11 is 0. The lowest BCUT2D eigenvalue weighted by Gasteiger charge is -2.18. The summed E-state index contributed by atoms with van der Waals surface area (Å²) in [6.07, 6.45) is 72.5. The Labute approximate surface area is 413 Å². The van der Waals surface area contributed by atoms with Crippen LogP contribution < -0.4 is 0 Å². The van der Waals surface area contributed by atoms with E-state index in [1.165, 1.54) is 103 Å². The minimum absolute atomic E-state index is 0.106. The Hall–Kier alpha value is -3.67. The molecule has 0 amide bonds. The Morgan fingerprint density at radius 1 is 0.313 bits per heavy atom. The van der Waals surface area contributed by atoms with Gasteiger partial charge in [-0.1, -0.05) is 240 Å². The number of hydrogen-bond acceptors (Lipinski definition) is 6. The van der Waals surface area contributed by atoms with Crippen molar-refractivity contribution >= 4 is 17.9 Å². The highest BCUT2D eigenvalue weighted by molar-refractivity contribution is 5.71. The summed E-state index contributed by atoms with van der Waals surface area (Å²) in [6.45, 7) is 6.43. The fraction of sp³-hybridized carbons (Fsp3) is 0.689. The first-order valence-electron chi connectivity index (χ1n) is 27.8. The second-order valence-electron chi connectivity index (χ2n) is 18.3. The second kappa shape index (κ2) is 54.9. The first kappa shape index (κ1) is 63.3. The van der Waals surface area contributed by atoms with Gasteiger partial charge in [0.1, 0.15) is 13.2 Å². The van der Waals surface area contributed by atoms with Crippen molar-refractivity contribution in [1.29, 1.82) is 0 Å². The van der Waals surface area contributed by atoms with E-state index in [1.807, 2.05) is 36.5 Å². The van der Waals surface area contributed by atoms with Crippen molar-refractivity contribution in [3.05, 3.63) is 97.2 Å². The van der Waals surface area contributed by atoms with E-state index in [2.05, 4.69) is 81.5 Å². The van der Waals surface area contributed by atoms with E-state index in [0.717, 1.165) is 109 Å². The van der Waals surface area contributed by atoms with Gasteiger partial charge in [-0.15, -0.1) is 0 Å². The third-order valence-corrected chi connectivity index (χ3v) is 11.7. The molecule has 0 aliphatic heterocycles. The number of carbonyl (C=O) groups excluding carboxylic acids is 3. The highest BCUT2D eigenvalue weighted by Crippen LogP contribution is 2.14. The third-order valence-electron chi connectivity index (χ3n) is 11.7. The maximum Gasteiger partial charge on any atom is 0.306 e. The molecule has 0 bridgehead atoms. The molecule has 0 fully saturated rings. The van der Waals surface area contributed by atoms with Gasteiger partial charge >= 0.3 is 17.9 Å². The monoisotopic (exact) mass is 931 g/mol. The van der Waals surface area contributed by atoms with Gasteiger partial charge in [0.25, 0.3) is 0 Å². The molecule has 67 heavy (non-hydrogen) atoms. The minimum atomic E-state index is -0.810. The SMILES string of the molecule is CC\C=C/C=C\C=C/C=C\CCCCCC(=O)OCC(COC(=O)CCCCCCC/C=C\C=C/CCCCCCCCC)OC(=O)CCCCCCC/C=C\C=C/CCCCCCCCC. The Bertz CT molecular complexity index is 1350. The Morgan fingerprint density at radius 2 is 0.582 bits per heavy atom. The van der Waals surface area contributed by atoms with Crippen LogP contribution in [0.15, 0.2) is 97.2 Å². The molecule has 6 nitrogen and oxygen atoms in total. The van der Waals surface area contributed by atoms with Crippen molar-refractivity contribution in [2.24, 2.45) is 0 Å². The summed E-state index contributed by atoms with van der Waals surface area (Å²) in [7, 11) is 0. The zero-order valence-corrected chi connectivity index (χ0v) is 43.6. The Morgan fingerprint density at radius 3 is 0.940 bits per heavy atom. The van der Waals surface area contributed by atoms with E-state index >= 15 is 0 Å². The summed E-state index contributed by atoms with van der Waals surface area (Å²) in [5.74, 6) is -0.974. The highest BCUT2D eigenvalue weighted by Gasteiger charge is 2.19. The molecule has 0 spiro atoms. The van der Waals surface area contributed by atoms with Crippen LogP contribution in [0.25, 0.3) is 0 Å². The normalized spacial score (nSPS) is 12.8. The molecular weight excluding hydrogens is 829 g/mol. The van der Waals surface area contributed by atoms with Crippen LogP contribution in [0.5, 0.6) is 0 Å². The van der Waals surface area contributed by atoms with Gasteiger partial charge in [-0.2, -0.15) is 0 Å². The van der Waals surface area contributed by atoms with Gasteiger partial charge in [-0.3, -0.25) is 14.4 Å². The predicted octanol–water partition coefficient (Wildman–Crippen LogP) is 18.5. The van der Waals surface area contributed by atoms with E-state index in [-0.39, 0.29) is 31.1 Å². The van der Waals surface area contributed by atoms with Crippen LogP contribution in [0, 0.1) is 0 Å². The molecule has 0 aromatic carbocycles. The molecule has 0 heterocycles. The summed E-state index contributed by atoms with van der Waals surface area (Å²) in [5.41, 5.74) is 0. The smallest absolute Gasteiger partial charge is 0.306 e. The molecule has 0 N–H and O–H groups in total. The highest BCUT2D eigenvalue weighted by atomic mass is 16.6. The molecule has 0 radical (unpaired) electrons. The zero-order valence-electron chi connectivity index (χ0n) is 43.6. The van der Waals surface area contributed by atoms with Crippen LogP contribution in [0.1, 0.15) is 252 Å². The van der Waals surface area contributed by atoms with E-state index < -0.39 is 6.10 Å². The standard InChI is InChI=1S/C61H102O6/c1-4-7-10-13-16-19-22-25-27-29-31-33-36-39-42-45-48-51-54-60(63)66-57-58(56-65-59(62)53-50-47-44-41-38-35-24-21-18-15-12-9-6-3)67-61(64)55-52-49-46-43-40-37-34-32-30-28-26-23-20-17-14-11-8-5-2/h9,12,15,18,21,24,27-35,38,58H,4-8,10-11,13-14,16-17,19-20,22-23,25-26,36-37,39-57H2,1-3H3/b12-9-,18-15-,24-21-,29-27-,30-28-,33-31-,34-32-,38-35-. The van der Waals surface area contributed by atoms with Crippen LogP contribution in [-0.2, 0) is 28.6 Å². The molecule has 1 unspecified atom stereocenters. The molecule has 382 valence electrons. The molecule has 0 aliphatic rings. The van der Waals surface area contributed by atoms with Gasteiger partial charge in [0, 0.05) is 19.3 Å². The molecule has 0 aliphatic carbocycles. The second-order valence-corrected chi connectivity index (χ2v) is 18.3. The van der Waals surface area contributed by atoms with Crippen LogP contribution in [0.4, 0.5) is 0 Å². The molecule has 0 saturated heterocycles. The van der Waals surface area contributed by atoms with Crippen molar-refractivity contribution in [3.63, 3.8) is 0 Å². The quantitative estimate of drug-likeness (QED) is 0.0262. The van der Waals surface area contributed by atoms with E-state index in [9.17, 15) is 14.4 Å². The molecule has 0 aromatic rings. The number of unbranched alkanes of at least 4 members (excludes halogenated alkanes) is 27. The van der Waals surface area contributed by atoms with E-state index in [0.29, 0.717) is 19.3 Å².